The molecule has 3 nitrogen and oxygen atoms in total. The number of ether oxygens (including phenoxy) is 1. The first-order valence-electron chi connectivity index (χ1n) is 7.73. The van der Waals surface area contributed by atoms with Gasteiger partial charge in [0.2, 0.25) is 0 Å². The first-order valence-corrected chi connectivity index (χ1v) is 7.73. The fourth-order valence-electron chi connectivity index (χ4n) is 2.63. The summed E-state index contributed by atoms with van der Waals surface area (Å²) >= 11 is 0. The Morgan fingerprint density at radius 3 is 2.78 bits per heavy atom. The van der Waals surface area contributed by atoms with Crippen LogP contribution in [-0.4, -0.2) is 5.91 Å². The number of rotatable bonds is 3. The number of anilines is 1. The smallest absolute Gasteiger partial charge is 0.255 e. The number of para-hydroxylation sites is 2. The van der Waals surface area contributed by atoms with Gasteiger partial charge in [-0.05, 0) is 42.7 Å². The second-order valence-corrected chi connectivity index (χ2v) is 5.47. The average Bonchev–Trinajstić information content (AvgIpc) is 2.79. The maximum atomic E-state index is 12.7. The lowest BCUT2D eigenvalue weighted by atomic mass is 10.0. The molecule has 0 aromatic heterocycles. The standard InChI is InChI=1S/C20H19NO2/c1-3-15-9-6-7-14(2)19(15)21-20(22)17-11-12-23-18-10-5-4-8-16(18)13-17/h4-13H,3H2,1-2H3,(H,21,22). The van der Waals surface area contributed by atoms with Crippen molar-refractivity contribution in [2.45, 2.75) is 20.3 Å². The number of hydrogen-bond donors (Lipinski definition) is 1. The maximum Gasteiger partial charge on any atom is 0.255 e. The van der Waals surface area contributed by atoms with E-state index in [4.69, 9.17) is 4.74 Å². The Labute approximate surface area is 136 Å². The Hall–Kier alpha value is -2.81. The molecule has 1 heterocycles. The number of carbonyl (C=O) groups is 1. The van der Waals surface area contributed by atoms with Crippen LogP contribution in [0.3, 0.4) is 0 Å². The van der Waals surface area contributed by atoms with Gasteiger partial charge in [0.05, 0.1) is 6.26 Å². The molecule has 0 spiro atoms. The van der Waals surface area contributed by atoms with E-state index in [1.807, 2.05) is 55.5 Å². The number of amides is 1. The van der Waals surface area contributed by atoms with E-state index >= 15 is 0 Å². The molecule has 0 atom stereocenters. The quantitative estimate of drug-likeness (QED) is 0.907. The SMILES string of the molecule is CCc1cccc(C)c1NC(=O)C1=Cc2ccccc2OC=C1. The van der Waals surface area contributed by atoms with Crippen molar-refractivity contribution in [3.8, 4) is 5.75 Å². The molecule has 2 aromatic rings. The fraction of sp³-hybridized carbons (Fsp3) is 0.150. The Morgan fingerprint density at radius 2 is 1.96 bits per heavy atom. The molecule has 0 bridgehead atoms. The number of aryl methyl sites for hydroxylation is 2. The third-order valence-corrected chi connectivity index (χ3v) is 3.91. The molecule has 1 amide bonds. The number of fused-ring (bicyclic) bond motifs is 1. The van der Waals surface area contributed by atoms with Crippen LogP contribution in [0.4, 0.5) is 5.69 Å². The Balaban J connectivity index is 1.91. The molecule has 0 aliphatic carbocycles. The predicted molar refractivity (Wildman–Crippen MR) is 93.4 cm³/mol. The molecule has 0 saturated heterocycles. The lowest BCUT2D eigenvalue weighted by molar-refractivity contribution is -0.112. The van der Waals surface area contributed by atoms with Gasteiger partial charge in [0.25, 0.3) is 5.91 Å². The number of nitrogens with one attached hydrogen (secondary N) is 1. The molecule has 1 N–H and O–H groups in total. The van der Waals surface area contributed by atoms with Crippen molar-refractivity contribution in [2.75, 3.05) is 5.32 Å². The molecule has 1 aliphatic heterocycles. The minimum atomic E-state index is -0.134. The van der Waals surface area contributed by atoms with E-state index in [-0.39, 0.29) is 5.91 Å². The Morgan fingerprint density at radius 1 is 1.13 bits per heavy atom. The number of carbonyl (C=O) groups excluding carboxylic acids is 1. The van der Waals surface area contributed by atoms with Crippen LogP contribution < -0.4 is 10.1 Å². The zero-order valence-corrected chi connectivity index (χ0v) is 13.3. The average molecular weight is 305 g/mol. The van der Waals surface area contributed by atoms with Crippen LogP contribution in [-0.2, 0) is 11.2 Å². The van der Waals surface area contributed by atoms with E-state index in [0.717, 1.165) is 34.5 Å². The highest BCUT2D eigenvalue weighted by Gasteiger charge is 2.14. The van der Waals surface area contributed by atoms with Crippen LogP contribution in [0.2, 0.25) is 0 Å². The lowest BCUT2D eigenvalue weighted by Crippen LogP contribution is -2.15. The van der Waals surface area contributed by atoms with Gasteiger partial charge in [0.1, 0.15) is 5.75 Å². The molecule has 3 heteroatoms. The highest BCUT2D eigenvalue weighted by atomic mass is 16.5. The normalized spacial score (nSPS) is 12.7. The third kappa shape index (κ3) is 3.19. The molecule has 0 fully saturated rings. The van der Waals surface area contributed by atoms with E-state index in [1.165, 1.54) is 0 Å². The minimum absolute atomic E-state index is 0.134. The first kappa shape index (κ1) is 15.1. The van der Waals surface area contributed by atoms with Crippen molar-refractivity contribution in [1.29, 1.82) is 0 Å². The van der Waals surface area contributed by atoms with E-state index in [0.29, 0.717) is 5.57 Å². The van der Waals surface area contributed by atoms with Gasteiger partial charge in [-0.15, -0.1) is 0 Å². The van der Waals surface area contributed by atoms with Crippen molar-refractivity contribution in [2.24, 2.45) is 0 Å². The monoisotopic (exact) mass is 305 g/mol. The van der Waals surface area contributed by atoms with Gasteiger partial charge in [-0.25, -0.2) is 0 Å². The summed E-state index contributed by atoms with van der Waals surface area (Å²) in [4.78, 5) is 12.7. The second kappa shape index (κ2) is 6.53. The molecule has 0 unspecified atom stereocenters. The summed E-state index contributed by atoms with van der Waals surface area (Å²) in [5, 5.41) is 3.04. The van der Waals surface area contributed by atoms with Gasteiger partial charge < -0.3 is 10.1 Å². The molecule has 23 heavy (non-hydrogen) atoms. The molecular weight excluding hydrogens is 286 g/mol. The van der Waals surface area contributed by atoms with Crippen LogP contribution >= 0.6 is 0 Å². The Bertz CT molecular complexity index is 803. The fourth-order valence-corrected chi connectivity index (χ4v) is 2.63. The van der Waals surface area contributed by atoms with Crippen LogP contribution in [0.25, 0.3) is 6.08 Å². The third-order valence-electron chi connectivity index (χ3n) is 3.91. The zero-order chi connectivity index (χ0) is 16.2. The molecule has 2 aromatic carbocycles. The van der Waals surface area contributed by atoms with Gasteiger partial charge in [-0.2, -0.15) is 0 Å². The van der Waals surface area contributed by atoms with Crippen LogP contribution in [0.15, 0.2) is 60.4 Å². The summed E-state index contributed by atoms with van der Waals surface area (Å²) in [6, 6.07) is 13.7. The Kier molecular flexibility index (Phi) is 4.29. The van der Waals surface area contributed by atoms with Gasteiger partial charge >= 0.3 is 0 Å². The molecule has 1 aliphatic rings. The van der Waals surface area contributed by atoms with Crippen molar-refractivity contribution in [3.05, 3.63) is 77.1 Å². The topological polar surface area (TPSA) is 38.3 Å². The highest BCUT2D eigenvalue weighted by molar-refractivity contribution is 6.09. The number of benzene rings is 2. The van der Waals surface area contributed by atoms with E-state index in [1.54, 1.807) is 12.3 Å². The van der Waals surface area contributed by atoms with E-state index < -0.39 is 0 Å². The van der Waals surface area contributed by atoms with Crippen molar-refractivity contribution in [1.82, 2.24) is 0 Å². The van der Waals surface area contributed by atoms with Gasteiger partial charge in [0.15, 0.2) is 0 Å². The summed E-state index contributed by atoms with van der Waals surface area (Å²) in [6.07, 6.45) is 5.96. The van der Waals surface area contributed by atoms with Crippen LogP contribution in [0.5, 0.6) is 5.75 Å². The molecule has 0 saturated carbocycles. The highest BCUT2D eigenvalue weighted by Crippen LogP contribution is 2.26. The van der Waals surface area contributed by atoms with E-state index in [9.17, 15) is 4.79 Å². The molecule has 0 radical (unpaired) electrons. The lowest BCUT2D eigenvalue weighted by Gasteiger charge is -2.13. The summed E-state index contributed by atoms with van der Waals surface area (Å²) in [7, 11) is 0. The summed E-state index contributed by atoms with van der Waals surface area (Å²) in [5.74, 6) is 0.613. The van der Waals surface area contributed by atoms with Gasteiger partial charge in [0, 0.05) is 16.8 Å². The van der Waals surface area contributed by atoms with Gasteiger partial charge in [-0.3, -0.25) is 4.79 Å². The largest absolute Gasteiger partial charge is 0.464 e. The van der Waals surface area contributed by atoms with Crippen molar-refractivity contribution >= 4 is 17.7 Å². The summed E-state index contributed by atoms with van der Waals surface area (Å²) in [5.41, 5.74) is 4.55. The first-order chi connectivity index (χ1) is 11.2. The van der Waals surface area contributed by atoms with E-state index in [2.05, 4.69) is 12.2 Å². The molecule has 116 valence electrons. The zero-order valence-electron chi connectivity index (χ0n) is 13.3. The molecule has 3 rings (SSSR count). The molecular formula is C20H19NO2. The predicted octanol–water partition coefficient (Wildman–Crippen LogP) is 4.49. The van der Waals surface area contributed by atoms with Crippen LogP contribution in [0, 0.1) is 6.92 Å². The van der Waals surface area contributed by atoms with Gasteiger partial charge in [-0.1, -0.05) is 43.3 Å². The summed E-state index contributed by atoms with van der Waals surface area (Å²) < 4.78 is 5.54. The van der Waals surface area contributed by atoms with Crippen LogP contribution in [0.1, 0.15) is 23.6 Å². The number of hydrogen-bond acceptors (Lipinski definition) is 2. The minimum Gasteiger partial charge on any atom is -0.464 e. The van der Waals surface area contributed by atoms with Crippen molar-refractivity contribution < 1.29 is 9.53 Å². The van der Waals surface area contributed by atoms with Crippen molar-refractivity contribution in [3.63, 3.8) is 0 Å². The second-order valence-electron chi connectivity index (χ2n) is 5.47. The summed E-state index contributed by atoms with van der Waals surface area (Å²) in [6.45, 7) is 4.09. The maximum absolute atomic E-state index is 12.7.